The summed E-state index contributed by atoms with van der Waals surface area (Å²) in [6, 6.07) is 3.26. The number of hydrogen-bond acceptors (Lipinski definition) is 3. The van der Waals surface area contributed by atoms with Gasteiger partial charge in [0, 0.05) is 25.7 Å². The van der Waals surface area contributed by atoms with Crippen LogP contribution in [0.15, 0.2) is 18.3 Å². The Labute approximate surface area is 112 Å². The number of urea groups is 1. The number of carbonyl (C=O) groups excluding carboxylic acids is 2. The number of pyridine rings is 1. The van der Waals surface area contributed by atoms with Crippen molar-refractivity contribution in [2.45, 2.75) is 26.2 Å². The summed E-state index contributed by atoms with van der Waals surface area (Å²) in [6.07, 6.45) is 3.86. The van der Waals surface area contributed by atoms with Crippen molar-refractivity contribution in [1.82, 2.24) is 10.3 Å². The third-order valence-electron chi connectivity index (χ3n) is 2.92. The van der Waals surface area contributed by atoms with Crippen molar-refractivity contribution in [2.75, 3.05) is 23.3 Å². The zero-order chi connectivity index (χ0) is 13.7. The van der Waals surface area contributed by atoms with Gasteiger partial charge in [0.15, 0.2) is 5.82 Å². The SMILES string of the molecule is CCCNC(=O)Nc1ncccc1N1CCCC1=O. The number of hydrogen-bond donors (Lipinski definition) is 2. The van der Waals surface area contributed by atoms with E-state index in [0.29, 0.717) is 31.0 Å². The molecule has 19 heavy (non-hydrogen) atoms. The number of carbonyl (C=O) groups is 2. The third kappa shape index (κ3) is 3.21. The highest BCUT2D eigenvalue weighted by molar-refractivity contribution is 6.00. The standard InChI is InChI=1S/C13H18N4O2/c1-2-7-15-13(19)16-12-10(5-3-8-14-12)17-9-4-6-11(17)18/h3,5,8H,2,4,6-7,9H2,1H3,(H2,14,15,16,19). The lowest BCUT2D eigenvalue weighted by atomic mass is 10.3. The molecule has 0 radical (unpaired) electrons. The molecule has 3 amide bonds. The number of nitrogens with zero attached hydrogens (tertiary/aromatic N) is 2. The van der Waals surface area contributed by atoms with Crippen LogP contribution in [0.25, 0.3) is 0 Å². The molecule has 1 aliphatic rings. The van der Waals surface area contributed by atoms with Crippen molar-refractivity contribution in [2.24, 2.45) is 0 Å². The number of anilines is 2. The quantitative estimate of drug-likeness (QED) is 0.868. The minimum atomic E-state index is -0.298. The molecule has 1 saturated heterocycles. The Morgan fingerprint density at radius 3 is 3.05 bits per heavy atom. The van der Waals surface area contributed by atoms with E-state index in [1.165, 1.54) is 0 Å². The zero-order valence-electron chi connectivity index (χ0n) is 11.0. The van der Waals surface area contributed by atoms with Gasteiger partial charge in [0.2, 0.25) is 5.91 Å². The molecule has 1 aromatic heterocycles. The van der Waals surface area contributed by atoms with E-state index in [4.69, 9.17) is 0 Å². The largest absolute Gasteiger partial charge is 0.338 e. The summed E-state index contributed by atoms with van der Waals surface area (Å²) in [5, 5.41) is 5.40. The van der Waals surface area contributed by atoms with Crippen molar-refractivity contribution >= 4 is 23.4 Å². The van der Waals surface area contributed by atoms with Crippen LogP contribution in [0.4, 0.5) is 16.3 Å². The third-order valence-corrected chi connectivity index (χ3v) is 2.92. The first-order valence-corrected chi connectivity index (χ1v) is 6.52. The van der Waals surface area contributed by atoms with Gasteiger partial charge >= 0.3 is 6.03 Å². The fraction of sp³-hybridized carbons (Fsp3) is 0.462. The summed E-state index contributed by atoms with van der Waals surface area (Å²) in [6.45, 7) is 3.27. The van der Waals surface area contributed by atoms with E-state index in [0.717, 1.165) is 12.8 Å². The van der Waals surface area contributed by atoms with Crippen LogP contribution >= 0.6 is 0 Å². The summed E-state index contributed by atoms with van der Waals surface area (Å²) in [5.41, 5.74) is 0.664. The summed E-state index contributed by atoms with van der Waals surface area (Å²) in [7, 11) is 0. The highest BCUT2D eigenvalue weighted by atomic mass is 16.2. The molecular formula is C13H18N4O2. The average Bonchev–Trinajstić information content (AvgIpc) is 2.83. The predicted molar refractivity (Wildman–Crippen MR) is 73.1 cm³/mol. The summed E-state index contributed by atoms with van der Waals surface area (Å²) in [4.78, 5) is 29.2. The maximum Gasteiger partial charge on any atom is 0.320 e. The van der Waals surface area contributed by atoms with E-state index in [1.54, 1.807) is 23.2 Å². The van der Waals surface area contributed by atoms with Gasteiger partial charge in [-0.15, -0.1) is 0 Å². The van der Waals surface area contributed by atoms with Crippen LogP contribution in [0, 0.1) is 0 Å². The van der Waals surface area contributed by atoms with E-state index in [1.807, 2.05) is 6.92 Å². The van der Waals surface area contributed by atoms with E-state index in [2.05, 4.69) is 15.6 Å². The molecule has 0 unspecified atom stereocenters. The first kappa shape index (κ1) is 13.3. The lowest BCUT2D eigenvalue weighted by Gasteiger charge is -2.19. The number of aromatic nitrogens is 1. The second kappa shape index (κ2) is 6.17. The zero-order valence-corrected chi connectivity index (χ0v) is 11.0. The van der Waals surface area contributed by atoms with Crippen molar-refractivity contribution < 1.29 is 9.59 Å². The monoisotopic (exact) mass is 262 g/mol. The van der Waals surface area contributed by atoms with Crippen LogP contribution in [0.1, 0.15) is 26.2 Å². The molecule has 0 saturated carbocycles. The highest BCUT2D eigenvalue weighted by Gasteiger charge is 2.24. The Bertz CT molecular complexity index is 475. The molecule has 1 aliphatic heterocycles. The van der Waals surface area contributed by atoms with Crippen molar-refractivity contribution in [3.8, 4) is 0 Å². The first-order chi connectivity index (χ1) is 9.22. The molecule has 1 aromatic rings. The van der Waals surface area contributed by atoms with Gasteiger partial charge in [0.1, 0.15) is 0 Å². The fourth-order valence-corrected chi connectivity index (χ4v) is 2.00. The van der Waals surface area contributed by atoms with Gasteiger partial charge in [-0.3, -0.25) is 10.1 Å². The van der Waals surface area contributed by atoms with Crippen molar-refractivity contribution in [3.05, 3.63) is 18.3 Å². The van der Waals surface area contributed by atoms with Crippen molar-refractivity contribution in [3.63, 3.8) is 0 Å². The smallest absolute Gasteiger partial charge is 0.320 e. The predicted octanol–water partition coefficient (Wildman–Crippen LogP) is 1.74. The molecule has 2 heterocycles. The van der Waals surface area contributed by atoms with Gasteiger partial charge in [-0.05, 0) is 25.0 Å². The summed E-state index contributed by atoms with van der Waals surface area (Å²) < 4.78 is 0. The minimum Gasteiger partial charge on any atom is -0.338 e. The molecule has 6 heteroatoms. The topological polar surface area (TPSA) is 74.3 Å². The van der Waals surface area contributed by atoms with E-state index in [9.17, 15) is 9.59 Å². The van der Waals surface area contributed by atoms with Crippen LogP contribution in [0.2, 0.25) is 0 Å². The molecule has 0 aliphatic carbocycles. The molecule has 2 rings (SSSR count). The van der Waals surface area contributed by atoms with Crippen LogP contribution in [-0.4, -0.2) is 30.0 Å². The van der Waals surface area contributed by atoms with Crippen LogP contribution in [0.3, 0.4) is 0 Å². The molecule has 0 spiro atoms. The van der Waals surface area contributed by atoms with E-state index < -0.39 is 0 Å². The molecule has 0 bridgehead atoms. The molecule has 1 fully saturated rings. The normalized spacial score (nSPS) is 14.6. The van der Waals surface area contributed by atoms with Gasteiger partial charge in [-0.2, -0.15) is 0 Å². The van der Waals surface area contributed by atoms with Gasteiger partial charge in [0.05, 0.1) is 5.69 Å². The van der Waals surface area contributed by atoms with E-state index in [-0.39, 0.29) is 11.9 Å². The number of rotatable bonds is 4. The van der Waals surface area contributed by atoms with Crippen LogP contribution in [-0.2, 0) is 4.79 Å². The Morgan fingerprint density at radius 2 is 2.37 bits per heavy atom. The Morgan fingerprint density at radius 1 is 1.53 bits per heavy atom. The maximum atomic E-state index is 11.8. The summed E-state index contributed by atoms with van der Waals surface area (Å²) >= 11 is 0. The fourth-order valence-electron chi connectivity index (χ4n) is 2.00. The van der Waals surface area contributed by atoms with Crippen molar-refractivity contribution in [1.29, 1.82) is 0 Å². The second-order valence-electron chi connectivity index (χ2n) is 4.40. The molecule has 0 atom stereocenters. The van der Waals surface area contributed by atoms with Crippen LogP contribution < -0.4 is 15.5 Å². The Balaban J connectivity index is 2.12. The van der Waals surface area contributed by atoms with Gasteiger partial charge in [0.25, 0.3) is 0 Å². The maximum absolute atomic E-state index is 11.8. The number of nitrogens with one attached hydrogen (secondary N) is 2. The van der Waals surface area contributed by atoms with Crippen LogP contribution in [0.5, 0.6) is 0 Å². The summed E-state index contributed by atoms with van der Waals surface area (Å²) in [5.74, 6) is 0.497. The van der Waals surface area contributed by atoms with Gasteiger partial charge in [-0.1, -0.05) is 6.92 Å². The van der Waals surface area contributed by atoms with Gasteiger partial charge in [-0.25, -0.2) is 9.78 Å². The molecule has 6 nitrogen and oxygen atoms in total. The van der Waals surface area contributed by atoms with Gasteiger partial charge < -0.3 is 10.2 Å². The highest BCUT2D eigenvalue weighted by Crippen LogP contribution is 2.27. The molecular weight excluding hydrogens is 244 g/mol. The lowest BCUT2D eigenvalue weighted by Crippen LogP contribution is -2.31. The molecule has 0 aromatic carbocycles. The molecule has 2 N–H and O–H groups in total. The average molecular weight is 262 g/mol. The lowest BCUT2D eigenvalue weighted by molar-refractivity contribution is -0.117. The molecule has 102 valence electrons. The van der Waals surface area contributed by atoms with E-state index >= 15 is 0 Å². The number of amides is 3. The second-order valence-corrected chi connectivity index (χ2v) is 4.40. The first-order valence-electron chi connectivity index (χ1n) is 6.52. The minimum absolute atomic E-state index is 0.0741. The Kier molecular flexibility index (Phi) is 4.33. The Hall–Kier alpha value is -2.11.